The summed E-state index contributed by atoms with van der Waals surface area (Å²) < 4.78 is 0. The number of rotatable bonds is 0. The lowest BCUT2D eigenvalue weighted by Gasteiger charge is -1.41. The van der Waals surface area contributed by atoms with Gasteiger partial charge >= 0.3 is 0 Å². The van der Waals surface area contributed by atoms with Gasteiger partial charge in [-0.05, 0) is 105 Å². The molecule has 0 saturated carbocycles. The lowest BCUT2D eigenvalue weighted by Crippen LogP contribution is -1.26. The molecule has 0 heterocycles. The van der Waals surface area contributed by atoms with E-state index >= 15 is 0 Å². The summed E-state index contributed by atoms with van der Waals surface area (Å²) in [5.41, 5.74) is 209. The Morgan fingerprint density at radius 2 is 0.0930 bits per heavy atom. The highest BCUT2D eigenvalue weighted by Gasteiger charge is 1.49. The molecule has 0 aromatic carbocycles. The van der Waals surface area contributed by atoms with Crippen molar-refractivity contribution in [3.05, 3.63) is 495 Å². The fraction of sp³-hybridized carbons (Fsp3) is 0. The average molecular weight is 1040 g/mol. The van der Waals surface area contributed by atoms with Crippen LogP contribution < -0.4 is 0 Å². The van der Waals surface area contributed by atoms with E-state index in [2.05, 4.69) is 495 Å². The maximum Gasteiger partial charge on any atom is 0 e. The Morgan fingerprint density at radius 3 is 0.128 bits per heavy atom. The minimum atomic E-state index is 2.37. The Morgan fingerprint density at radius 1 is 0.0581 bits per heavy atom. The van der Waals surface area contributed by atoms with Crippen LogP contribution in [0.1, 0.15) is 0 Å². The smallest absolute Gasteiger partial charge is 0 e. The molecule has 0 nitrogen and oxygen atoms in total. The minimum Gasteiger partial charge on any atom is -0.0687 e. The summed E-state index contributed by atoms with van der Waals surface area (Å²) in [5.74, 6) is 0. The maximum absolute atomic E-state index is 3.32. The van der Waals surface area contributed by atoms with Crippen LogP contribution in [0.5, 0.6) is 0 Å². The number of hydrogen-bond acceptors (Lipinski definition) is 0. The standard InChI is InChI=1S/C86H4/c1-3-5-7-9-11-13-15-17-19-21-23-25-27-29-31-33-35-37-39-41-43-45-47-49-51-53-55-57-59-61-63-65-67-69-71-73-75-77-79-81-83-85-86-84-82-80-78-76-74-72-70-68-66-64-62-60-58-56-54-52-50-48-46-44-42-40-38-36-34-32-30-28-26-24-22-20-18-16-14-12-10-8-6-4-2/h1-2H2. The third-order valence-electron chi connectivity index (χ3n) is 5.24. The highest BCUT2D eigenvalue weighted by atomic mass is 13.5. The van der Waals surface area contributed by atoms with E-state index in [4.69, 9.17) is 0 Å². The molecule has 0 spiro atoms. The van der Waals surface area contributed by atoms with Crippen molar-refractivity contribution in [1.82, 2.24) is 0 Å². The predicted octanol–water partition coefficient (Wildman–Crippen LogP) is 13.8. The first kappa shape index (κ1) is 67.3. The van der Waals surface area contributed by atoms with Crippen LogP contribution in [0.4, 0.5) is 0 Å². The Balaban J connectivity index is 6.16. The molecule has 0 aliphatic carbocycles. The Bertz CT molecular complexity index is 6250. The second kappa shape index (κ2) is 66.3. The molecule has 0 unspecified atom stereocenters. The van der Waals surface area contributed by atoms with Crippen LogP contribution in [0, 0.1) is 0 Å². The molecule has 0 bridgehead atoms. The van der Waals surface area contributed by atoms with Crippen LogP contribution >= 0.6 is 0 Å². The molecular formula is C86H4. The second-order valence-corrected chi connectivity index (χ2v) is 10.6. The molecule has 0 fully saturated rings. The average Bonchev–Trinajstić information content (AvgIpc) is 3.52. The zero-order valence-corrected chi connectivity index (χ0v) is 43.4. The topological polar surface area (TPSA) is 0 Å². The molecule has 0 aromatic rings. The van der Waals surface area contributed by atoms with Gasteiger partial charge in [0, 0.05) is 378 Å². The van der Waals surface area contributed by atoms with Crippen LogP contribution in [0.3, 0.4) is 0 Å². The first-order valence-corrected chi connectivity index (χ1v) is 21.5. The van der Waals surface area contributed by atoms with Gasteiger partial charge < -0.3 is 0 Å². The van der Waals surface area contributed by atoms with Gasteiger partial charge in [0.05, 0.1) is 0 Å². The van der Waals surface area contributed by atoms with E-state index in [1.807, 2.05) is 0 Å². The lowest BCUT2D eigenvalue weighted by molar-refractivity contribution is 2.10. The highest BCUT2D eigenvalue weighted by Crippen LogP contribution is 1.65. The van der Waals surface area contributed by atoms with Crippen molar-refractivity contribution in [1.29, 1.82) is 0 Å². The SMILES string of the molecule is C=C=C=C=C=C=C=C=C=C=C=C=C=C=C=C=C=C=C=C=C=C=C=C=C=C=C=C=C=C=C=C=C=C=C=C=C=C=C=C=C=C=C=C=C=C=C=C=C=C=C=C=C=C=C=C=C=C=C=C=C=C=C=C=C=C=C=C=C=C=C=C=C=C=C=C=C=C=C=C=C=C=C=C=C=C. The monoisotopic (exact) mass is 1040 g/mol. The summed E-state index contributed by atoms with van der Waals surface area (Å²) in [6.07, 6.45) is 0. The van der Waals surface area contributed by atoms with E-state index in [0.29, 0.717) is 0 Å². The molecule has 0 aliphatic heterocycles. The van der Waals surface area contributed by atoms with E-state index in [0.717, 1.165) is 0 Å². The van der Waals surface area contributed by atoms with Crippen LogP contribution in [0.2, 0.25) is 0 Å². The van der Waals surface area contributed by atoms with E-state index < -0.39 is 0 Å². The van der Waals surface area contributed by atoms with E-state index in [9.17, 15) is 0 Å². The molecule has 0 rings (SSSR count). The summed E-state index contributed by atoms with van der Waals surface area (Å²) in [6, 6.07) is 0. The summed E-state index contributed by atoms with van der Waals surface area (Å²) in [6.45, 7) is 6.63. The molecule has 0 N–H and O–H groups in total. The first-order chi connectivity index (χ1) is 42.9. The lowest BCUT2D eigenvalue weighted by atomic mass is 10.6. The van der Waals surface area contributed by atoms with E-state index in [-0.39, 0.29) is 0 Å². The predicted molar refractivity (Wildman–Crippen MR) is 306 cm³/mol. The molecule has 86 heavy (non-hydrogen) atoms. The molecule has 0 amide bonds. The van der Waals surface area contributed by atoms with Gasteiger partial charge in [-0.25, -0.2) is 0 Å². The third-order valence-corrected chi connectivity index (χ3v) is 5.24. The van der Waals surface area contributed by atoms with Crippen LogP contribution in [-0.2, 0) is 0 Å². The molecule has 0 aromatic heterocycles. The highest BCUT2D eigenvalue weighted by molar-refractivity contribution is 5.01. The molecule has 0 saturated heterocycles. The zero-order chi connectivity index (χ0) is 61.4. The second-order valence-electron chi connectivity index (χ2n) is 10.6. The Kier molecular flexibility index (Phi) is 51.8. The number of hydrogen-bond donors (Lipinski definition) is 0. The molecule has 0 heteroatoms. The molecule has 348 valence electrons. The van der Waals surface area contributed by atoms with Crippen LogP contribution in [0.25, 0.3) is 0 Å². The third kappa shape index (κ3) is 65.3. The zero-order valence-electron chi connectivity index (χ0n) is 43.4. The van der Waals surface area contributed by atoms with Gasteiger partial charge in [-0.2, -0.15) is 0 Å². The molecular weight excluding hydrogens is 1030 g/mol. The quantitative estimate of drug-likeness (QED) is 0.212. The van der Waals surface area contributed by atoms with Crippen LogP contribution in [-0.4, -0.2) is 0 Å². The summed E-state index contributed by atoms with van der Waals surface area (Å²) in [5, 5.41) is 0. The fourth-order valence-electron chi connectivity index (χ4n) is 2.59. The van der Waals surface area contributed by atoms with Crippen molar-refractivity contribution in [2.45, 2.75) is 0 Å². The van der Waals surface area contributed by atoms with Gasteiger partial charge in [0.2, 0.25) is 0 Å². The Hall–Kier alpha value is -18.7. The van der Waals surface area contributed by atoms with Crippen molar-refractivity contribution in [3.8, 4) is 0 Å². The van der Waals surface area contributed by atoms with Gasteiger partial charge in [0.1, 0.15) is 0 Å². The van der Waals surface area contributed by atoms with Crippen molar-refractivity contribution in [2.24, 2.45) is 0 Å². The fourth-order valence-corrected chi connectivity index (χ4v) is 2.59. The molecule has 0 aliphatic rings. The first-order valence-electron chi connectivity index (χ1n) is 21.5. The van der Waals surface area contributed by atoms with Gasteiger partial charge in [-0.1, -0.05) is 11.5 Å². The van der Waals surface area contributed by atoms with Crippen molar-refractivity contribution in [3.63, 3.8) is 0 Å². The van der Waals surface area contributed by atoms with Crippen molar-refractivity contribution in [2.75, 3.05) is 0 Å². The summed E-state index contributed by atoms with van der Waals surface area (Å²) >= 11 is 0. The Labute approximate surface area is 491 Å². The summed E-state index contributed by atoms with van der Waals surface area (Å²) in [7, 11) is 0. The normalized spacial score (nSPS) is 3.95. The largest absolute Gasteiger partial charge is 0.0687 e. The van der Waals surface area contributed by atoms with Gasteiger partial charge in [-0.15, -0.1) is 0 Å². The van der Waals surface area contributed by atoms with Crippen molar-refractivity contribution >= 4 is 0 Å². The van der Waals surface area contributed by atoms with Gasteiger partial charge in [0.25, 0.3) is 0 Å². The molecule has 0 atom stereocenters. The molecule has 0 radical (unpaired) electrons. The van der Waals surface area contributed by atoms with Crippen molar-refractivity contribution < 1.29 is 0 Å². The minimum absolute atomic E-state index is 2.37. The van der Waals surface area contributed by atoms with Crippen LogP contribution in [0.15, 0.2) is 495 Å². The summed E-state index contributed by atoms with van der Waals surface area (Å²) in [4.78, 5) is 0. The maximum atomic E-state index is 3.32. The van der Waals surface area contributed by atoms with Gasteiger partial charge in [0.15, 0.2) is 0 Å². The van der Waals surface area contributed by atoms with E-state index in [1.54, 1.807) is 0 Å². The van der Waals surface area contributed by atoms with Gasteiger partial charge in [-0.3, -0.25) is 0 Å². The van der Waals surface area contributed by atoms with E-state index in [1.165, 1.54) is 0 Å².